The van der Waals surface area contributed by atoms with Crippen LogP contribution in [-0.4, -0.2) is 31.2 Å². The minimum atomic E-state index is -0.878. The molecule has 1 amide bonds. The van der Waals surface area contributed by atoms with Crippen molar-refractivity contribution in [3.8, 4) is 11.5 Å². The molecule has 6 nitrogen and oxygen atoms in total. The van der Waals surface area contributed by atoms with Crippen molar-refractivity contribution in [3.05, 3.63) is 65.2 Å². The van der Waals surface area contributed by atoms with Crippen LogP contribution in [-0.2, 0) is 20.7 Å². The van der Waals surface area contributed by atoms with Gasteiger partial charge >= 0.3 is 5.97 Å². The largest absolute Gasteiger partial charge is 0.486 e. The molecule has 156 valence electrons. The highest BCUT2D eigenvalue weighted by atomic mass is 16.6. The number of rotatable bonds is 5. The van der Waals surface area contributed by atoms with Gasteiger partial charge in [-0.15, -0.1) is 0 Å². The minimum absolute atomic E-state index is 0.0446. The molecule has 0 fully saturated rings. The van der Waals surface area contributed by atoms with Crippen molar-refractivity contribution < 1.29 is 23.8 Å². The fourth-order valence-corrected chi connectivity index (χ4v) is 3.79. The Bertz CT molecular complexity index is 968. The highest BCUT2D eigenvalue weighted by molar-refractivity contribution is 5.90. The van der Waals surface area contributed by atoms with Gasteiger partial charge in [-0.25, -0.2) is 4.79 Å². The summed E-state index contributed by atoms with van der Waals surface area (Å²) in [6.07, 6.45) is 4.99. The Hall–Kier alpha value is -3.28. The van der Waals surface area contributed by atoms with Gasteiger partial charge in [0.1, 0.15) is 13.2 Å². The summed E-state index contributed by atoms with van der Waals surface area (Å²) in [5, 5.41) is 3.02. The second-order valence-electron chi connectivity index (χ2n) is 7.47. The smallest absolute Gasteiger partial charge is 0.331 e. The number of hydrogen-bond acceptors (Lipinski definition) is 5. The average Bonchev–Trinajstić information content (AvgIpc) is 2.77. The van der Waals surface area contributed by atoms with Crippen LogP contribution < -0.4 is 14.8 Å². The first-order valence-corrected chi connectivity index (χ1v) is 10.3. The van der Waals surface area contributed by atoms with E-state index in [9.17, 15) is 9.59 Å². The van der Waals surface area contributed by atoms with Crippen LogP contribution in [0.4, 0.5) is 0 Å². The molecule has 0 bridgehead atoms. The van der Waals surface area contributed by atoms with Crippen molar-refractivity contribution in [1.82, 2.24) is 5.32 Å². The average molecular weight is 407 g/mol. The fraction of sp³-hybridized carbons (Fsp3) is 0.333. The summed E-state index contributed by atoms with van der Waals surface area (Å²) >= 11 is 0. The second kappa shape index (κ2) is 9.03. The number of carbonyl (C=O) groups excluding carboxylic acids is 2. The van der Waals surface area contributed by atoms with Crippen LogP contribution in [0.15, 0.2) is 48.5 Å². The van der Waals surface area contributed by atoms with E-state index in [1.54, 1.807) is 25.1 Å². The van der Waals surface area contributed by atoms with E-state index in [-0.39, 0.29) is 11.9 Å². The third kappa shape index (κ3) is 4.64. The van der Waals surface area contributed by atoms with E-state index < -0.39 is 12.1 Å². The number of esters is 1. The molecular formula is C24H25NO5. The van der Waals surface area contributed by atoms with E-state index in [1.807, 2.05) is 24.3 Å². The third-order valence-corrected chi connectivity index (χ3v) is 5.33. The van der Waals surface area contributed by atoms with Crippen LogP contribution in [0.25, 0.3) is 6.08 Å². The molecule has 0 saturated heterocycles. The van der Waals surface area contributed by atoms with Gasteiger partial charge in [0, 0.05) is 6.08 Å². The molecule has 1 aliphatic heterocycles. The molecule has 2 aromatic rings. The molecule has 2 aliphatic rings. The molecule has 1 N–H and O–H groups in total. The minimum Gasteiger partial charge on any atom is -0.486 e. The van der Waals surface area contributed by atoms with Crippen LogP contribution >= 0.6 is 0 Å². The van der Waals surface area contributed by atoms with Gasteiger partial charge in [-0.3, -0.25) is 4.79 Å². The topological polar surface area (TPSA) is 73.9 Å². The maximum atomic E-state index is 12.5. The molecule has 0 unspecified atom stereocenters. The molecule has 2 atom stereocenters. The Morgan fingerprint density at radius 3 is 2.80 bits per heavy atom. The third-order valence-electron chi connectivity index (χ3n) is 5.33. The monoisotopic (exact) mass is 407 g/mol. The Kier molecular flexibility index (Phi) is 6.02. The number of aryl methyl sites for hydroxylation is 1. The van der Waals surface area contributed by atoms with Gasteiger partial charge in [0.15, 0.2) is 17.6 Å². The zero-order valence-corrected chi connectivity index (χ0v) is 16.9. The van der Waals surface area contributed by atoms with Gasteiger partial charge in [0.2, 0.25) is 0 Å². The zero-order valence-electron chi connectivity index (χ0n) is 16.9. The summed E-state index contributed by atoms with van der Waals surface area (Å²) in [6, 6.07) is 13.5. The van der Waals surface area contributed by atoms with Gasteiger partial charge in [0.05, 0.1) is 6.04 Å². The molecular weight excluding hydrogens is 382 g/mol. The van der Waals surface area contributed by atoms with Gasteiger partial charge in [-0.2, -0.15) is 0 Å². The first-order valence-electron chi connectivity index (χ1n) is 10.3. The number of amides is 1. The number of benzene rings is 2. The van der Waals surface area contributed by atoms with Crippen molar-refractivity contribution in [2.24, 2.45) is 0 Å². The molecule has 6 heteroatoms. The van der Waals surface area contributed by atoms with Gasteiger partial charge in [-0.05, 0) is 61.1 Å². The molecule has 30 heavy (non-hydrogen) atoms. The lowest BCUT2D eigenvalue weighted by Gasteiger charge is -2.27. The number of hydrogen-bond donors (Lipinski definition) is 1. The maximum Gasteiger partial charge on any atom is 0.331 e. The second-order valence-corrected chi connectivity index (χ2v) is 7.47. The molecule has 2 aromatic carbocycles. The summed E-state index contributed by atoms with van der Waals surface area (Å²) in [4.78, 5) is 24.7. The van der Waals surface area contributed by atoms with E-state index in [0.29, 0.717) is 24.7 Å². The van der Waals surface area contributed by atoms with Crippen molar-refractivity contribution in [2.45, 2.75) is 38.3 Å². The molecule has 0 saturated carbocycles. The van der Waals surface area contributed by atoms with Crippen LogP contribution in [0, 0.1) is 0 Å². The lowest BCUT2D eigenvalue weighted by atomic mass is 9.87. The predicted octanol–water partition coefficient (Wildman–Crippen LogP) is 3.60. The Labute approximate surface area is 175 Å². The lowest BCUT2D eigenvalue weighted by Crippen LogP contribution is -2.39. The van der Waals surface area contributed by atoms with Gasteiger partial charge < -0.3 is 19.5 Å². The molecule has 4 rings (SSSR count). The van der Waals surface area contributed by atoms with E-state index in [2.05, 4.69) is 11.4 Å². The quantitative estimate of drug-likeness (QED) is 0.606. The molecule has 1 aliphatic carbocycles. The molecule has 0 radical (unpaired) electrons. The first kappa shape index (κ1) is 20.0. The standard InChI is InChI=1S/C24H25NO5/c1-16(24(27)25-20-8-4-6-18-5-2-3-7-19(18)20)30-23(26)12-10-17-9-11-21-22(15-17)29-14-13-28-21/h2-3,5,7,9-12,15-16,20H,4,6,8,13-14H2,1H3,(H,25,27)/b12-10+/t16-,20-/m0/s1. The summed E-state index contributed by atoms with van der Waals surface area (Å²) in [5.41, 5.74) is 3.20. The number of nitrogens with one attached hydrogen (secondary N) is 1. The Balaban J connectivity index is 1.32. The van der Waals surface area contributed by atoms with Crippen molar-refractivity contribution in [3.63, 3.8) is 0 Å². The van der Waals surface area contributed by atoms with E-state index >= 15 is 0 Å². The number of ether oxygens (including phenoxy) is 3. The normalized spacial score (nSPS) is 18.4. The van der Waals surface area contributed by atoms with Crippen molar-refractivity contribution >= 4 is 18.0 Å². The van der Waals surface area contributed by atoms with Crippen molar-refractivity contribution in [1.29, 1.82) is 0 Å². The van der Waals surface area contributed by atoms with E-state index in [4.69, 9.17) is 14.2 Å². The van der Waals surface area contributed by atoms with Crippen LogP contribution in [0.3, 0.4) is 0 Å². The maximum absolute atomic E-state index is 12.5. The SMILES string of the molecule is C[C@H](OC(=O)/C=C/c1ccc2c(c1)OCCO2)C(=O)N[C@H]1CCCc2ccccc21. The summed E-state index contributed by atoms with van der Waals surface area (Å²) in [7, 11) is 0. The summed E-state index contributed by atoms with van der Waals surface area (Å²) in [5.74, 6) is 0.474. The lowest BCUT2D eigenvalue weighted by molar-refractivity contribution is -0.150. The van der Waals surface area contributed by atoms with E-state index in [0.717, 1.165) is 30.4 Å². The molecule has 0 aromatic heterocycles. The Morgan fingerprint density at radius 1 is 1.13 bits per heavy atom. The van der Waals surface area contributed by atoms with Crippen LogP contribution in [0.5, 0.6) is 11.5 Å². The summed E-state index contributed by atoms with van der Waals surface area (Å²) in [6.45, 7) is 2.61. The highest BCUT2D eigenvalue weighted by Gasteiger charge is 2.25. The fourth-order valence-electron chi connectivity index (χ4n) is 3.79. The van der Waals surface area contributed by atoms with Crippen molar-refractivity contribution in [2.75, 3.05) is 13.2 Å². The van der Waals surface area contributed by atoms with E-state index in [1.165, 1.54) is 11.6 Å². The molecule has 1 heterocycles. The van der Waals surface area contributed by atoms with Crippen LogP contribution in [0.2, 0.25) is 0 Å². The first-order chi connectivity index (χ1) is 14.6. The van der Waals surface area contributed by atoms with Crippen LogP contribution in [0.1, 0.15) is 42.5 Å². The van der Waals surface area contributed by atoms with Gasteiger partial charge in [0.25, 0.3) is 5.91 Å². The summed E-state index contributed by atoms with van der Waals surface area (Å²) < 4.78 is 16.3. The number of carbonyl (C=O) groups is 2. The zero-order chi connectivity index (χ0) is 20.9. The predicted molar refractivity (Wildman–Crippen MR) is 112 cm³/mol. The number of fused-ring (bicyclic) bond motifs is 2. The highest BCUT2D eigenvalue weighted by Crippen LogP contribution is 2.31. The Morgan fingerprint density at radius 2 is 1.93 bits per heavy atom. The van der Waals surface area contributed by atoms with Gasteiger partial charge in [-0.1, -0.05) is 30.3 Å². The molecule has 0 spiro atoms.